The number of anilines is 1. The summed E-state index contributed by atoms with van der Waals surface area (Å²) in [5, 5.41) is 7.23. The minimum atomic E-state index is -1.27. The average molecular weight is 349 g/mol. The summed E-state index contributed by atoms with van der Waals surface area (Å²) in [4.78, 5) is 27.5. The van der Waals surface area contributed by atoms with Crippen LogP contribution in [0.15, 0.2) is 42.6 Å². The number of cyclic esters (lactones) is 2. The van der Waals surface area contributed by atoms with E-state index < -0.39 is 17.7 Å². The highest BCUT2D eigenvalue weighted by Crippen LogP contribution is 2.25. The number of nitrogens with zero attached hydrogens (tertiary/aromatic N) is 3. The summed E-state index contributed by atoms with van der Waals surface area (Å²) in [6.45, 7) is 2.96. The van der Waals surface area contributed by atoms with E-state index >= 15 is 0 Å². The van der Waals surface area contributed by atoms with Crippen molar-refractivity contribution in [2.75, 3.05) is 5.32 Å². The standard InChI is InChI=1S/C15H13ClN4O4/c1-15(2)23-13(21)10(14(22)24-15)6-18-9-3-4-12(11(16)5-9)20-8-17-7-19-20/h3-8,18H,1-2H3. The van der Waals surface area contributed by atoms with Gasteiger partial charge in [0.1, 0.15) is 12.7 Å². The third kappa shape index (κ3) is 3.23. The van der Waals surface area contributed by atoms with Crippen LogP contribution < -0.4 is 5.32 Å². The first kappa shape index (κ1) is 16.0. The van der Waals surface area contributed by atoms with Crippen LogP contribution in [0.4, 0.5) is 5.69 Å². The largest absolute Gasteiger partial charge is 0.419 e. The van der Waals surface area contributed by atoms with Gasteiger partial charge in [0.2, 0.25) is 0 Å². The van der Waals surface area contributed by atoms with E-state index in [1.54, 1.807) is 18.2 Å². The van der Waals surface area contributed by atoms with Gasteiger partial charge in [0, 0.05) is 25.7 Å². The van der Waals surface area contributed by atoms with Crippen molar-refractivity contribution in [2.45, 2.75) is 19.6 Å². The number of ether oxygens (including phenoxy) is 2. The van der Waals surface area contributed by atoms with Gasteiger partial charge in [-0.3, -0.25) is 0 Å². The molecular weight excluding hydrogens is 336 g/mol. The van der Waals surface area contributed by atoms with Crippen LogP contribution in [-0.4, -0.2) is 32.5 Å². The van der Waals surface area contributed by atoms with Crippen molar-refractivity contribution in [3.63, 3.8) is 0 Å². The topological polar surface area (TPSA) is 95.3 Å². The Morgan fingerprint density at radius 1 is 1.25 bits per heavy atom. The van der Waals surface area contributed by atoms with Crippen LogP contribution in [0.5, 0.6) is 0 Å². The molecule has 1 aliphatic rings. The Morgan fingerprint density at radius 2 is 1.96 bits per heavy atom. The maximum Gasteiger partial charge on any atom is 0.350 e. The van der Waals surface area contributed by atoms with Gasteiger partial charge in [-0.25, -0.2) is 19.3 Å². The molecule has 0 spiro atoms. The Bertz CT molecular complexity index is 808. The number of nitrogens with one attached hydrogen (secondary N) is 1. The highest BCUT2D eigenvalue weighted by molar-refractivity contribution is 6.32. The van der Waals surface area contributed by atoms with E-state index in [0.717, 1.165) is 0 Å². The van der Waals surface area contributed by atoms with Gasteiger partial charge in [0.05, 0.1) is 10.7 Å². The van der Waals surface area contributed by atoms with Crippen molar-refractivity contribution in [2.24, 2.45) is 0 Å². The third-order valence-electron chi connectivity index (χ3n) is 3.11. The molecule has 1 aromatic heterocycles. The van der Waals surface area contributed by atoms with Crippen molar-refractivity contribution < 1.29 is 19.1 Å². The van der Waals surface area contributed by atoms with E-state index in [-0.39, 0.29) is 5.57 Å². The van der Waals surface area contributed by atoms with E-state index in [9.17, 15) is 9.59 Å². The fraction of sp³-hybridized carbons (Fsp3) is 0.200. The van der Waals surface area contributed by atoms with Crippen molar-refractivity contribution in [1.82, 2.24) is 14.8 Å². The van der Waals surface area contributed by atoms with Gasteiger partial charge in [-0.15, -0.1) is 0 Å². The molecule has 1 aliphatic heterocycles. The van der Waals surface area contributed by atoms with E-state index in [1.165, 1.54) is 37.4 Å². The maximum absolute atomic E-state index is 11.8. The molecule has 2 aromatic rings. The van der Waals surface area contributed by atoms with Gasteiger partial charge >= 0.3 is 11.9 Å². The van der Waals surface area contributed by atoms with E-state index in [0.29, 0.717) is 16.4 Å². The summed E-state index contributed by atoms with van der Waals surface area (Å²) in [6, 6.07) is 5.06. The first-order chi connectivity index (χ1) is 11.4. The van der Waals surface area contributed by atoms with Crippen LogP contribution in [0.3, 0.4) is 0 Å². The molecule has 0 saturated carbocycles. The zero-order valence-corrected chi connectivity index (χ0v) is 13.6. The molecule has 0 amide bonds. The number of halogens is 1. The number of carbonyl (C=O) groups is 2. The second kappa shape index (κ2) is 5.97. The number of hydrogen-bond acceptors (Lipinski definition) is 7. The summed E-state index contributed by atoms with van der Waals surface area (Å²) < 4.78 is 11.5. The van der Waals surface area contributed by atoms with Crippen LogP contribution in [0.25, 0.3) is 5.69 Å². The molecule has 1 saturated heterocycles. The number of carbonyl (C=O) groups excluding carboxylic acids is 2. The Hall–Kier alpha value is -2.87. The molecule has 9 heteroatoms. The molecule has 2 heterocycles. The van der Waals surface area contributed by atoms with Crippen LogP contribution in [0.2, 0.25) is 5.02 Å². The Kier molecular flexibility index (Phi) is 3.98. The van der Waals surface area contributed by atoms with Gasteiger partial charge in [0.15, 0.2) is 5.57 Å². The normalized spacial score (nSPS) is 16.4. The minimum absolute atomic E-state index is 0.231. The number of rotatable bonds is 3. The summed E-state index contributed by atoms with van der Waals surface area (Å²) >= 11 is 6.20. The van der Waals surface area contributed by atoms with Crippen LogP contribution in [0.1, 0.15) is 13.8 Å². The fourth-order valence-electron chi connectivity index (χ4n) is 2.05. The minimum Gasteiger partial charge on any atom is -0.419 e. The molecule has 1 fully saturated rings. The molecule has 24 heavy (non-hydrogen) atoms. The maximum atomic E-state index is 11.8. The predicted octanol–water partition coefficient (Wildman–Crippen LogP) is 2.05. The summed E-state index contributed by atoms with van der Waals surface area (Å²) in [6.07, 6.45) is 4.14. The predicted molar refractivity (Wildman–Crippen MR) is 84.3 cm³/mol. The summed E-state index contributed by atoms with van der Waals surface area (Å²) in [5.74, 6) is -2.78. The monoisotopic (exact) mass is 348 g/mol. The lowest BCUT2D eigenvalue weighted by atomic mass is 10.2. The lowest BCUT2D eigenvalue weighted by molar-refractivity contribution is -0.222. The van der Waals surface area contributed by atoms with Crippen molar-refractivity contribution in [3.05, 3.63) is 47.6 Å². The first-order valence-corrected chi connectivity index (χ1v) is 7.31. The summed E-state index contributed by atoms with van der Waals surface area (Å²) in [5.41, 5.74) is 0.984. The molecule has 0 bridgehead atoms. The lowest BCUT2D eigenvalue weighted by Gasteiger charge is -2.29. The number of benzene rings is 1. The Morgan fingerprint density at radius 3 is 2.54 bits per heavy atom. The molecule has 1 N–H and O–H groups in total. The smallest absolute Gasteiger partial charge is 0.350 e. The molecule has 0 unspecified atom stereocenters. The molecule has 0 radical (unpaired) electrons. The summed E-state index contributed by atoms with van der Waals surface area (Å²) in [7, 11) is 0. The van der Waals surface area contributed by atoms with E-state index in [2.05, 4.69) is 15.4 Å². The molecular formula is C15H13ClN4O4. The van der Waals surface area contributed by atoms with Gasteiger partial charge in [-0.2, -0.15) is 5.10 Å². The zero-order chi connectivity index (χ0) is 17.3. The molecule has 124 valence electrons. The first-order valence-electron chi connectivity index (χ1n) is 6.94. The van der Waals surface area contributed by atoms with Gasteiger partial charge in [0.25, 0.3) is 5.79 Å². The van der Waals surface area contributed by atoms with Crippen molar-refractivity contribution >= 4 is 29.2 Å². The third-order valence-corrected chi connectivity index (χ3v) is 3.42. The molecule has 0 atom stereocenters. The van der Waals surface area contributed by atoms with Gasteiger partial charge < -0.3 is 14.8 Å². The fourth-order valence-corrected chi connectivity index (χ4v) is 2.32. The van der Waals surface area contributed by atoms with Crippen LogP contribution in [-0.2, 0) is 19.1 Å². The second-order valence-electron chi connectivity index (χ2n) is 5.39. The number of hydrogen-bond donors (Lipinski definition) is 1. The molecule has 8 nitrogen and oxygen atoms in total. The quantitative estimate of drug-likeness (QED) is 0.515. The van der Waals surface area contributed by atoms with Gasteiger partial charge in [-0.05, 0) is 18.2 Å². The van der Waals surface area contributed by atoms with Crippen molar-refractivity contribution in [3.8, 4) is 5.69 Å². The van der Waals surface area contributed by atoms with Crippen LogP contribution >= 0.6 is 11.6 Å². The Labute approximate surface area is 142 Å². The second-order valence-corrected chi connectivity index (χ2v) is 5.79. The number of aromatic nitrogens is 3. The Balaban J connectivity index is 1.78. The molecule has 1 aromatic carbocycles. The molecule has 0 aliphatic carbocycles. The molecule has 3 rings (SSSR count). The SMILES string of the molecule is CC1(C)OC(=O)C(=CNc2ccc(-n3cncn3)c(Cl)c2)C(=O)O1. The lowest BCUT2D eigenvalue weighted by Crippen LogP contribution is -2.42. The van der Waals surface area contributed by atoms with E-state index in [4.69, 9.17) is 21.1 Å². The van der Waals surface area contributed by atoms with Crippen molar-refractivity contribution in [1.29, 1.82) is 0 Å². The average Bonchev–Trinajstić information content (AvgIpc) is 2.99. The number of esters is 2. The van der Waals surface area contributed by atoms with Gasteiger partial charge in [-0.1, -0.05) is 11.6 Å². The van der Waals surface area contributed by atoms with Crippen LogP contribution in [0, 0.1) is 0 Å². The highest BCUT2D eigenvalue weighted by atomic mass is 35.5. The zero-order valence-electron chi connectivity index (χ0n) is 12.8. The highest BCUT2D eigenvalue weighted by Gasteiger charge is 2.38. The van der Waals surface area contributed by atoms with E-state index in [1.807, 2.05) is 0 Å².